The molecule has 0 bridgehead atoms. The van der Waals surface area contributed by atoms with Crippen LogP contribution in [-0.2, 0) is 17.5 Å². The van der Waals surface area contributed by atoms with E-state index in [4.69, 9.17) is 39.5 Å². The molecule has 2 aromatic heterocycles. The minimum atomic E-state index is -4.68. The molecule has 0 atom stereocenters. The van der Waals surface area contributed by atoms with Crippen molar-refractivity contribution in [3.8, 4) is 22.4 Å². The number of ether oxygens (including phenoxy) is 1. The third-order valence-electron chi connectivity index (χ3n) is 4.58. The molecule has 0 unspecified atom stereocenters. The number of halogens is 6. The molecule has 0 N–H and O–H groups in total. The average molecular weight is 487 g/mol. The van der Waals surface area contributed by atoms with Crippen LogP contribution < -0.4 is 0 Å². The van der Waals surface area contributed by atoms with Crippen molar-refractivity contribution in [2.45, 2.75) is 12.8 Å². The molecule has 4 nitrogen and oxygen atoms in total. The van der Waals surface area contributed by atoms with Crippen molar-refractivity contribution < 1.29 is 17.9 Å². The summed E-state index contributed by atoms with van der Waals surface area (Å²) in [5.74, 6) is 0. The van der Waals surface area contributed by atoms with Gasteiger partial charge in [-0.05, 0) is 35.9 Å². The Morgan fingerprint density at radius 3 is 2.23 bits per heavy atom. The Kier molecular flexibility index (Phi) is 5.87. The summed E-state index contributed by atoms with van der Waals surface area (Å²) < 4.78 is 47.8. The lowest BCUT2D eigenvalue weighted by atomic mass is 10.1. The molecule has 0 amide bonds. The molecular weight excluding hydrogens is 474 g/mol. The van der Waals surface area contributed by atoms with Crippen molar-refractivity contribution in [3.05, 3.63) is 75.0 Å². The van der Waals surface area contributed by atoms with Crippen molar-refractivity contribution in [2.24, 2.45) is 0 Å². The molecule has 2 aromatic carbocycles. The number of hydrogen-bond donors (Lipinski definition) is 0. The molecule has 31 heavy (non-hydrogen) atoms. The third-order valence-corrected chi connectivity index (χ3v) is 5.57. The van der Waals surface area contributed by atoms with E-state index in [1.54, 1.807) is 30.3 Å². The average Bonchev–Trinajstić information content (AvgIpc) is 3.07. The number of aromatic nitrogens is 3. The minimum absolute atomic E-state index is 0.000718. The highest BCUT2D eigenvalue weighted by molar-refractivity contribution is 6.42. The van der Waals surface area contributed by atoms with Crippen molar-refractivity contribution in [1.29, 1.82) is 0 Å². The zero-order valence-corrected chi connectivity index (χ0v) is 18.1. The Labute approximate surface area is 190 Å². The van der Waals surface area contributed by atoms with E-state index in [0.717, 1.165) is 10.6 Å². The first-order chi connectivity index (χ1) is 14.7. The number of nitrogens with zero attached hydrogens (tertiary/aromatic N) is 3. The van der Waals surface area contributed by atoms with E-state index in [1.165, 1.54) is 19.2 Å². The summed E-state index contributed by atoms with van der Waals surface area (Å²) in [6.45, 7) is 0.000718. The summed E-state index contributed by atoms with van der Waals surface area (Å²) in [6.07, 6.45) is -4.68. The van der Waals surface area contributed by atoms with Gasteiger partial charge in [-0.2, -0.15) is 18.3 Å². The Balaban J connectivity index is 2.07. The van der Waals surface area contributed by atoms with Crippen LogP contribution in [0.3, 0.4) is 0 Å². The lowest BCUT2D eigenvalue weighted by Crippen LogP contribution is -2.14. The molecule has 2 heterocycles. The third kappa shape index (κ3) is 4.23. The van der Waals surface area contributed by atoms with E-state index < -0.39 is 11.9 Å². The molecule has 160 valence electrons. The van der Waals surface area contributed by atoms with E-state index >= 15 is 0 Å². The Morgan fingerprint density at radius 2 is 1.61 bits per heavy atom. The first-order valence-electron chi connectivity index (χ1n) is 8.89. The topological polar surface area (TPSA) is 39.4 Å². The Bertz CT molecular complexity index is 1270. The quantitative estimate of drug-likeness (QED) is 0.306. The maximum Gasteiger partial charge on any atom is 0.433 e. The van der Waals surface area contributed by atoms with Crippen LogP contribution in [0.4, 0.5) is 13.2 Å². The van der Waals surface area contributed by atoms with Crippen LogP contribution in [-0.4, -0.2) is 21.7 Å². The minimum Gasteiger partial charge on any atom is -0.378 e. The highest BCUT2D eigenvalue weighted by atomic mass is 35.5. The molecule has 4 aromatic rings. The van der Waals surface area contributed by atoms with Crippen molar-refractivity contribution in [3.63, 3.8) is 0 Å². The van der Waals surface area contributed by atoms with Crippen LogP contribution >= 0.6 is 34.8 Å². The molecule has 0 saturated heterocycles. The largest absolute Gasteiger partial charge is 0.433 e. The molecule has 10 heteroatoms. The van der Waals surface area contributed by atoms with Gasteiger partial charge in [-0.15, -0.1) is 0 Å². The summed E-state index contributed by atoms with van der Waals surface area (Å²) in [5.41, 5.74) is 0.872. The van der Waals surface area contributed by atoms with Crippen molar-refractivity contribution >= 4 is 40.4 Å². The van der Waals surface area contributed by atoms with Gasteiger partial charge < -0.3 is 4.74 Å². The SMILES string of the molecule is COCc1nn2c(C(F)(F)F)cc(-c3ccc(Cl)c(Cl)c3)nc2c1-c1ccc(Cl)cc1. The van der Waals surface area contributed by atoms with Crippen LogP contribution in [0.2, 0.25) is 15.1 Å². The summed E-state index contributed by atoms with van der Waals surface area (Å²) in [7, 11) is 1.44. The zero-order chi connectivity index (χ0) is 22.3. The van der Waals surface area contributed by atoms with E-state index in [2.05, 4.69) is 10.1 Å². The Hall–Kier alpha value is -2.32. The molecule has 0 aliphatic carbocycles. The van der Waals surface area contributed by atoms with Crippen LogP contribution in [0.25, 0.3) is 28.0 Å². The smallest absolute Gasteiger partial charge is 0.378 e. The van der Waals surface area contributed by atoms with Gasteiger partial charge >= 0.3 is 6.18 Å². The molecule has 0 radical (unpaired) electrons. The standard InChI is InChI=1S/C21H13Cl3F3N3O/c1-31-10-17-19(11-2-5-13(22)6-3-11)20-28-16(12-4-7-14(23)15(24)8-12)9-18(21(25,26)27)30(20)29-17/h2-9H,10H2,1H3. The van der Waals surface area contributed by atoms with Crippen LogP contribution in [0, 0.1) is 0 Å². The fourth-order valence-electron chi connectivity index (χ4n) is 3.22. The molecule has 0 spiro atoms. The second-order valence-corrected chi connectivity index (χ2v) is 7.90. The van der Waals surface area contributed by atoms with Gasteiger partial charge in [0.05, 0.1) is 33.6 Å². The number of methoxy groups -OCH3 is 1. The van der Waals surface area contributed by atoms with Gasteiger partial charge in [-0.3, -0.25) is 0 Å². The van der Waals surface area contributed by atoms with E-state index in [-0.39, 0.29) is 28.0 Å². The van der Waals surface area contributed by atoms with Gasteiger partial charge in [0.15, 0.2) is 11.3 Å². The maximum atomic E-state index is 14.0. The van der Waals surface area contributed by atoms with Gasteiger partial charge in [0.2, 0.25) is 0 Å². The van der Waals surface area contributed by atoms with E-state index in [0.29, 0.717) is 27.4 Å². The molecule has 0 fully saturated rings. The predicted molar refractivity (Wildman–Crippen MR) is 115 cm³/mol. The molecule has 4 rings (SSSR count). The zero-order valence-electron chi connectivity index (χ0n) is 15.8. The van der Waals surface area contributed by atoms with E-state index in [9.17, 15) is 13.2 Å². The summed E-state index contributed by atoms with van der Waals surface area (Å²) >= 11 is 18.0. The summed E-state index contributed by atoms with van der Waals surface area (Å²) in [5, 5.41) is 5.15. The van der Waals surface area contributed by atoms with Crippen molar-refractivity contribution in [2.75, 3.05) is 7.11 Å². The maximum absolute atomic E-state index is 14.0. The van der Waals surface area contributed by atoms with Crippen LogP contribution in [0.15, 0.2) is 48.5 Å². The first-order valence-corrected chi connectivity index (χ1v) is 10.0. The fraction of sp³-hybridized carbons (Fsp3) is 0.143. The molecule has 0 aliphatic heterocycles. The number of alkyl halides is 3. The number of benzene rings is 2. The molecular formula is C21H13Cl3F3N3O. The highest BCUT2D eigenvalue weighted by Crippen LogP contribution is 2.37. The highest BCUT2D eigenvalue weighted by Gasteiger charge is 2.36. The molecule has 0 saturated carbocycles. The summed E-state index contributed by atoms with van der Waals surface area (Å²) in [6, 6.07) is 12.1. The van der Waals surface area contributed by atoms with Gasteiger partial charge in [-0.25, -0.2) is 9.50 Å². The van der Waals surface area contributed by atoms with Gasteiger partial charge in [0.1, 0.15) is 0 Å². The second kappa shape index (κ2) is 8.31. The monoisotopic (exact) mass is 485 g/mol. The first kappa shape index (κ1) is 21.9. The van der Waals surface area contributed by atoms with Gasteiger partial charge in [-0.1, -0.05) is 53.0 Å². The Morgan fingerprint density at radius 1 is 0.935 bits per heavy atom. The lowest BCUT2D eigenvalue weighted by Gasteiger charge is -2.12. The van der Waals surface area contributed by atoms with Crippen molar-refractivity contribution in [1.82, 2.24) is 14.6 Å². The predicted octanol–water partition coefficient (Wildman–Crippen LogP) is 7.19. The van der Waals surface area contributed by atoms with Gasteiger partial charge in [0, 0.05) is 17.7 Å². The van der Waals surface area contributed by atoms with E-state index in [1.807, 2.05) is 0 Å². The van der Waals surface area contributed by atoms with Gasteiger partial charge in [0.25, 0.3) is 0 Å². The number of rotatable bonds is 4. The normalized spacial score (nSPS) is 12.0. The fourth-order valence-corrected chi connectivity index (χ4v) is 3.64. The number of hydrogen-bond acceptors (Lipinski definition) is 3. The second-order valence-electron chi connectivity index (χ2n) is 6.65. The lowest BCUT2D eigenvalue weighted by molar-refractivity contribution is -0.142. The van der Waals surface area contributed by atoms with Crippen LogP contribution in [0.5, 0.6) is 0 Å². The summed E-state index contributed by atoms with van der Waals surface area (Å²) in [4.78, 5) is 4.50. The molecule has 0 aliphatic rings. The number of fused-ring (bicyclic) bond motifs is 1. The van der Waals surface area contributed by atoms with Crippen LogP contribution in [0.1, 0.15) is 11.4 Å².